The fourth-order valence-corrected chi connectivity index (χ4v) is 2.17. The molecule has 0 aliphatic carbocycles. The van der Waals surface area contributed by atoms with Crippen molar-refractivity contribution in [2.75, 3.05) is 37.5 Å². The first-order valence-electron chi connectivity index (χ1n) is 6.24. The number of amides is 1. The molecule has 1 heterocycles. The Hall–Kier alpha value is -2.04. The van der Waals surface area contributed by atoms with Gasteiger partial charge in [0.15, 0.2) is 0 Å². The molecule has 1 aromatic carbocycles. The summed E-state index contributed by atoms with van der Waals surface area (Å²) in [6.45, 7) is 0.705. The highest BCUT2D eigenvalue weighted by Crippen LogP contribution is 2.27. The smallest absolute Gasteiger partial charge is 0.337 e. The van der Waals surface area contributed by atoms with E-state index in [2.05, 4.69) is 0 Å². The van der Waals surface area contributed by atoms with Gasteiger partial charge in [-0.05, 0) is 24.6 Å². The molecular formula is C14H18N2O3. The number of esters is 1. The maximum absolute atomic E-state index is 11.8. The molecule has 1 fully saturated rings. The number of carbonyl (C=O) groups is 2. The van der Waals surface area contributed by atoms with Crippen molar-refractivity contribution in [1.82, 2.24) is 0 Å². The number of benzene rings is 1. The van der Waals surface area contributed by atoms with E-state index < -0.39 is 5.97 Å². The minimum Gasteiger partial charge on any atom is -0.465 e. The lowest BCUT2D eigenvalue weighted by Crippen LogP contribution is -2.24. The first-order chi connectivity index (χ1) is 9.02. The van der Waals surface area contributed by atoms with Gasteiger partial charge in [-0.3, -0.25) is 4.79 Å². The third-order valence-electron chi connectivity index (χ3n) is 3.23. The van der Waals surface area contributed by atoms with Crippen LogP contribution in [0.1, 0.15) is 23.2 Å². The molecule has 5 nitrogen and oxygen atoms in total. The summed E-state index contributed by atoms with van der Waals surface area (Å²) < 4.78 is 4.75. The van der Waals surface area contributed by atoms with Gasteiger partial charge in [0, 0.05) is 38.4 Å². The highest BCUT2D eigenvalue weighted by Gasteiger charge is 2.23. The number of anilines is 2. The van der Waals surface area contributed by atoms with Crippen LogP contribution in [0.25, 0.3) is 0 Å². The van der Waals surface area contributed by atoms with Crippen LogP contribution >= 0.6 is 0 Å². The summed E-state index contributed by atoms with van der Waals surface area (Å²) in [5, 5.41) is 0. The Morgan fingerprint density at radius 3 is 2.58 bits per heavy atom. The lowest BCUT2D eigenvalue weighted by molar-refractivity contribution is -0.117. The lowest BCUT2D eigenvalue weighted by Gasteiger charge is -2.20. The number of carbonyl (C=O) groups excluding carboxylic acids is 2. The summed E-state index contributed by atoms with van der Waals surface area (Å²) in [6.07, 6.45) is 1.43. The largest absolute Gasteiger partial charge is 0.465 e. The molecule has 0 aromatic heterocycles. The SMILES string of the molecule is COC(=O)c1cc(N(C)C)cc(N2CCCC2=O)c1. The second-order valence-corrected chi connectivity index (χ2v) is 4.77. The Labute approximate surface area is 112 Å². The van der Waals surface area contributed by atoms with Gasteiger partial charge in [-0.2, -0.15) is 0 Å². The molecule has 0 radical (unpaired) electrons. The monoisotopic (exact) mass is 262 g/mol. The number of nitrogens with zero attached hydrogens (tertiary/aromatic N) is 2. The number of hydrogen-bond acceptors (Lipinski definition) is 4. The predicted octanol–water partition coefficient (Wildman–Crippen LogP) is 1.67. The zero-order valence-electron chi connectivity index (χ0n) is 11.5. The molecule has 102 valence electrons. The number of rotatable bonds is 3. The molecule has 0 N–H and O–H groups in total. The molecular weight excluding hydrogens is 244 g/mol. The zero-order chi connectivity index (χ0) is 14.0. The van der Waals surface area contributed by atoms with E-state index in [1.807, 2.05) is 25.1 Å². The van der Waals surface area contributed by atoms with E-state index in [0.29, 0.717) is 18.5 Å². The van der Waals surface area contributed by atoms with E-state index in [1.54, 1.807) is 17.0 Å². The summed E-state index contributed by atoms with van der Waals surface area (Å²) in [6, 6.07) is 5.38. The molecule has 2 rings (SSSR count). The molecule has 1 saturated heterocycles. The van der Waals surface area contributed by atoms with E-state index in [0.717, 1.165) is 17.8 Å². The summed E-state index contributed by atoms with van der Waals surface area (Å²) in [5.41, 5.74) is 2.09. The van der Waals surface area contributed by atoms with Crippen LogP contribution in [-0.4, -0.2) is 39.6 Å². The first kappa shape index (κ1) is 13.4. The van der Waals surface area contributed by atoms with Crippen molar-refractivity contribution < 1.29 is 14.3 Å². The fourth-order valence-electron chi connectivity index (χ4n) is 2.17. The van der Waals surface area contributed by atoms with Crippen LogP contribution in [0.5, 0.6) is 0 Å². The standard InChI is InChI=1S/C14H18N2O3/c1-15(2)11-7-10(14(18)19-3)8-12(9-11)16-6-4-5-13(16)17/h7-9H,4-6H2,1-3H3. The molecule has 5 heteroatoms. The average Bonchev–Trinajstić information content (AvgIpc) is 2.83. The topological polar surface area (TPSA) is 49.9 Å². The Balaban J connectivity index is 2.45. The van der Waals surface area contributed by atoms with Crippen LogP contribution in [0, 0.1) is 0 Å². The molecule has 1 aliphatic rings. The second-order valence-electron chi connectivity index (χ2n) is 4.77. The molecule has 0 unspecified atom stereocenters. The van der Waals surface area contributed by atoms with Crippen molar-refractivity contribution in [3.05, 3.63) is 23.8 Å². The van der Waals surface area contributed by atoms with Gasteiger partial charge in [-0.25, -0.2) is 4.79 Å². The maximum atomic E-state index is 11.8. The van der Waals surface area contributed by atoms with Crippen molar-refractivity contribution in [2.24, 2.45) is 0 Å². The van der Waals surface area contributed by atoms with E-state index in [4.69, 9.17) is 4.74 Å². The predicted molar refractivity (Wildman–Crippen MR) is 73.7 cm³/mol. The van der Waals surface area contributed by atoms with E-state index >= 15 is 0 Å². The fraction of sp³-hybridized carbons (Fsp3) is 0.429. The molecule has 0 spiro atoms. The Morgan fingerprint density at radius 2 is 2.05 bits per heavy atom. The van der Waals surface area contributed by atoms with Gasteiger partial charge in [-0.15, -0.1) is 0 Å². The van der Waals surface area contributed by atoms with Gasteiger partial charge >= 0.3 is 5.97 Å². The third-order valence-corrected chi connectivity index (χ3v) is 3.23. The molecule has 19 heavy (non-hydrogen) atoms. The van der Waals surface area contributed by atoms with Gasteiger partial charge in [0.1, 0.15) is 0 Å². The second kappa shape index (κ2) is 5.30. The summed E-state index contributed by atoms with van der Waals surface area (Å²) in [5.74, 6) is -0.289. The van der Waals surface area contributed by atoms with E-state index in [9.17, 15) is 9.59 Å². The van der Waals surface area contributed by atoms with Crippen molar-refractivity contribution in [1.29, 1.82) is 0 Å². The summed E-state index contributed by atoms with van der Waals surface area (Å²) in [7, 11) is 5.14. The lowest BCUT2D eigenvalue weighted by atomic mass is 10.1. The van der Waals surface area contributed by atoms with Crippen molar-refractivity contribution >= 4 is 23.3 Å². The molecule has 0 saturated carbocycles. The van der Waals surface area contributed by atoms with Gasteiger partial charge in [-0.1, -0.05) is 0 Å². The van der Waals surface area contributed by atoms with Crippen molar-refractivity contribution in [2.45, 2.75) is 12.8 Å². The van der Waals surface area contributed by atoms with Crippen LogP contribution in [-0.2, 0) is 9.53 Å². The van der Waals surface area contributed by atoms with Crippen molar-refractivity contribution in [3.8, 4) is 0 Å². The summed E-state index contributed by atoms with van der Waals surface area (Å²) in [4.78, 5) is 27.1. The molecule has 1 amide bonds. The Bertz CT molecular complexity index is 511. The Morgan fingerprint density at radius 1 is 1.32 bits per heavy atom. The van der Waals surface area contributed by atoms with Gasteiger partial charge in [0.05, 0.1) is 12.7 Å². The Kier molecular flexibility index (Phi) is 3.74. The third kappa shape index (κ3) is 2.70. The van der Waals surface area contributed by atoms with Gasteiger partial charge < -0.3 is 14.5 Å². The van der Waals surface area contributed by atoms with E-state index in [1.165, 1.54) is 7.11 Å². The number of ether oxygens (including phenoxy) is 1. The number of methoxy groups -OCH3 is 1. The van der Waals surface area contributed by atoms with Crippen LogP contribution in [0.4, 0.5) is 11.4 Å². The highest BCUT2D eigenvalue weighted by atomic mass is 16.5. The molecule has 1 aliphatic heterocycles. The normalized spacial score (nSPS) is 14.7. The van der Waals surface area contributed by atoms with Crippen LogP contribution in [0.2, 0.25) is 0 Å². The average molecular weight is 262 g/mol. The van der Waals surface area contributed by atoms with Gasteiger partial charge in [0.2, 0.25) is 5.91 Å². The number of hydrogen-bond donors (Lipinski definition) is 0. The highest BCUT2D eigenvalue weighted by molar-refractivity contribution is 5.98. The van der Waals surface area contributed by atoms with Crippen LogP contribution in [0.15, 0.2) is 18.2 Å². The maximum Gasteiger partial charge on any atom is 0.337 e. The molecule has 1 aromatic rings. The summed E-state index contributed by atoms with van der Waals surface area (Å²) >= 11 is 0. The molecule has 0 bridgehead atoms. The first-order valence-corrected chi connectivity index (χ1v) is 6.24. The van der Waals surface area contributed by atoms with Crippen molar-refractivity contribution in [3.63, 3.8) is 0 Å². The van der Waals surface area contributed by atoms with Crippen LogP contribution < -0.4 is 9.80 Å². The molecule has 0 atom stereocenters. The minimum atomic E-state index is -0.392. The van der Waals surface area contributed by atoms with Crippen LogP contribution in [0.3, 0.4) is 0 Å². The van der Waals surface area contributed by atoms with Gasteiger partial charge in [0.25, 0.3) is 0 Å². The zero-order valence-corrected chi connectivity index (χ0v) is 11.5. The quantitative estimate of drug-likeness (QED) is 0.777. The van der Waals surface area contributed by atoms with E-state index in [-0.39, 0.29) is 5.91 Å². The minimum absolute atomic E-state index is 0.103.